The molecule has 2 aromatic rings. The van der Waals surface area contributed by atoms with Crippen LogP contribution in [0, 0.1) is 12.7 Å². The van der Waals surface area contributed by atoms with Gasteiger partial charge < -0.3 is 10.2 Å². The molecule has 0 unspecified atom stereocenters. The Kier molecular flexibility index (Phi) is 4.80. The van der Waals surface area contributed by atoms with E-state index in [2.05, 4.69) is 10.4 Å². The zero-order valence-electron chi connectivity index (χ0n) is 17.8. The van der Waals surface area contributed by atoms with Crippen molar-refractivity contribution in [2.45, 2.75) is 58.8 Å². The van der Waals surface area contributed by atoms with Gasteiger partial charge in [-0.25, -0.2) is 14.2 Å². The summed E-state index contributed by atoms with van der Waals surface area (Å²) in [7, 11) is 1.59. The Labute approximate surface area is 174 Å². The van der Waals surface area contributed by atoms with Crippen molar-refractivity contribution in [3.63, 3.8) is 0 Å². The number of hydrogen-bond acceptors (Lipinski definition) is 4. The van der Waals surface area contributed by atoms with E-state index in [9.17, 15) is 14.0 Å². The number of hydroxylamine groups is 2. The van der Waals surface area contributed by atoms with Crippen LogP contribution in [0.4, 0.5) is 14.9 Å². The number of carbonyl (C=O) groups excluding carboxylic acids is 2. The molecule has 0 fully saturated rings. The Morgan fingerprint density at radius 2 is 2.10 bits per heavy atom. The standard InChI is InChI=1S/C21H26FN5O3/c1-12-8-14(6-7-16(12)22)23-20(29)26-10-15-17(9-13(26)2)24-27-11-21(3,4)30-25(5)19(28)18(15)27/h6-8,13H,9-11H2,1-5H3,(H,23,29)/t13-/m1/s1. The third kappa shape index (κ3) is 3.54. The summed E-state index contributed by atoms with van der Waals surface area (Å²) in [4.78, 5) is 33.3. The molecular weight excluding hydrogens is 389 g/mol. The molecule has 4 rings (SSSR count). The molecule has 9 heteroatoms. The van der Waals surface area contributed by atoms with Gasteiger partial charge in [-0.15, -0.1) is 0 Å². The van der Waals surface area contributed by atoms with E-state index in [1.807, 2.05) is 20.8 Å². The van der Waals surface area contributed by atoms with Gasteiger partial charge in [0.15, 0.2) is 0 Å². The van der Waals surface area contributed by atoms with Crippen molar-refractivity contribution in [2.75, 3.05) is 12.4 Å². The molecule has 0 aliphatic carbocycles. The third-order valence-corrected chi connectivity index (χ3v) is 5.56. The molecule has 30 heavy (non-hydrogen) atoms. The molecule has 2 aliphatic rings. The molecule has 0 spiro atoms. The second-order valence-corrected chi connectivity index (χ2v) is 8.66. The Morgan fingerprint density at radius 3 is 2.80 bits per heavy atom. The Balaban J connectivity index is 1.63. The molecule has 0 radical (unpaired) electrons. The topological polar surface area (TPSA) is 79.7 Å². The maximum absolute atomic E-state index is 13.5. The van der Waals surface area contributed by atoms with Crippen molar-refractivity contribution in [1.82, 2.24) is 19.7 Å². The lowest BCUT2D eigenvalue weighted by Gasteiger charge is -2.33. The Bertz CT molecular complexity index is 1030. The molecule has 1 N–H and O–H groups in total. The van der Waals surface area contributed by atoms with Crippen LogP contribution in [-0.4, -0.2) is 50.4 Å². The smallest absolute Gasteiger partial charge is 0.317 e. The summed E-state index contributed by atoms with van der Waals surface area (Å²) in [6.07, 6.45) is 0.545. The number of carbonyl (C=O) groups is 2. The van der Waals surface area contributed by atoms with Crippen LogP contribution in [-0.2, 0) is 24.3 Å². The second kappa shape index (κ2) is 7.09. The van der Waals surface area contributed by atoms with E-state index in [-0.39, 0.29) is 30.3 Å². The Morgan fingerprint density at radius 1 is 1.37 bits per heavy atom. The van der Waals surface area contributed by atoms with Gasteiger partial charge >= 0.3 is 6.03 Å². The van der Waals surface area contributed by atoms with Crippen LogP contribution < -0.4 is 5.32 Å². The molecular formula is C21H26FN5O3. The predicted octanol–water partition coefficient (Wildman–Crippen LogP) is 3.11. The number of anilines is 1. The zero-order chi connectivity index (χ0) is 21.8. The number of aryl methyl sites for hydroxylation is 1. The molecule has 0 saturated carbocycles. The summed E-state index contributed by atoms with van der Waals surface area (Å²) in [5.41, 5.74) is 2.43. The lowest BCUT2D eigenvalue weighted by atomic mass is 9.99. The molecule has 160 valence electrons. The monoisotopic (exact) mass is 415 g/mol. The number of benzene rings is 1. The van der Waals surface area contributed by atoms with Crippen LogP contribution in [0.25, 0.3) is 0 Å². The van der Waals surface area contributed by atoms with Crippen LogP contribution in [0.5, 0.6) is 0 Å². The number of urea groups is 1. The normalized spacial score (nSPS) is 20.5. The van der Waals surface area contributed by atoms with Gasteiger partial charge in [-0.05, 0) is 51.5 Å². The highest BCUT2D eigenvalue weighted by Crippen LogP contribution is 2.31. The molecule has 1 atom stereocenters. The van der Waals surface area contributed by atoms with Crippen molar-refractivity contribution >= 4 is 17.6 Å². The van der Waals surface area contributed by atoms with Gasteiger partial charge in [-0.3, -0.25) is 14.3 Å². The largest absolute Gasteiger partial charge is 0.322 e. The van der Waals surface area contributed by atoms with E-state index in [0.29, 0.717) is 29.9 Å². The Hall–Kier alpha value is -2.94. The molecule has 0 bridgehead atoms. The van der Waals surface area contributed by atoms with Crippen molar-refractivity contribution in [2.24, 2.45) is 0 Å². The number of halogens is 1. The summed E-state index contributed by atoms with van der Waals surface area (Å²) in [6, 6.07) is 4.05. The van der Waals surface area contributed by atoms with Crippen LogP contribution in [0.1, 0.15) is 48.1 Å². The first-order chi connectivity index (χ1) is 14.1. The van der Waals surface area contributed by atoms with E-state index in [1.54, 1.807) is 29.6 Å². The van der Waals surface area contributed by atoms with E-state index in [0.717, 1.165) is 11.3 Å². The number of fused-ring (bicyclic) bond motifs is 3. The highest BCUT2D eigenvalue weighted by Gasteiger charge is 2.39. The van der Waals surface area contributed by atoms with Gasteiger partial charge in [0.1, 0.15) is 17.1 Å². The van der Waals surface area contributed by atoms with E-state index < -0.39 is 5.60 Å². The quantitative estimate of drug-likeness (QED) is 0.776. The van der Waals surface area contributed by atoms with Crippen molar-refractivity contribution in [1.29, 1.82) is 0 Å². The first kappa shape index (κ1) is 20.3. The number of amides is 3. The van der Waals surface area contributed by atoms with Crippen molar-refractivity contribution in [3.8, 4) is 0 Å². The third-order valence-electron chi connectivity index (χ3n) is 5.56. The van der Waals surface area contributed by atoms with Crippen molar-refractivity contribution in [3.05, 3.63) is 46.5 Å². The minimum Gasteiger partial charge on any atom is -0.317 e. The van der Waals surface area contributed by atoms with Gasteiger partial charge in [-0.1, -0.05) is 0 Å². The number of hydrogen-bond donors (Lipinski definition) is 1. The molecule has 1 aromatic heterocycles. The fourth-order valence-corrected chi connectivity index (χ4v) is 4.09. The number of nitrogens with zero attached hydrogens (tertiary/aromatic N) is 4. The molecule has 3 amide bonds. The number of nitrogens with one attached hydrogen (secondary N) is 1. The summed E-state index contributed by atoms with van der Waals surface area (Å²) in [5, 5.41) is 8.74. The molecule has 3 heterocycles. The maximum Gasteiger partial charge on any atom is 0.322 e. The van der Waals surface area contributed by atoms with E-state index in [1.165, 1.54) is 17.2 Å². The molecule has 1 aromatic carbocycles. The lowest BCUT2D eigenvalue weighted by Crippen LogP contribution is -2.45. The van der Waals surface area contributed by atoms with Gasteiger partial charge in [-0.2, -0.15) is 5.10 Å². The number of aromatic nitrogens is 2. The zero-order valence-corrected chi connectivity index (χ0v) is 17.8. The van der Waals surface area contributed by atoms with Gasteiger partial charge in [0.25, 0.3) is 5.91 Å². The first-order valence-corrected chi connectivity index (χ1v) is 9.95. The van der Waals surface area contributed by atoms with Gasteiger partial charge in [0, 0.05) is 30.8 Å². The summed E-state index contributed by atoms with van der Waals surface area (Å²) in [5.74, 6) is -0.599. The van der Waals surface area contributed by atoms with Gasteiger partial charge in [0.05, 0.1) is 18.8 Å². The second-order valence-electron chi connectivity index (χ2n) is 8.66. The van der Waals surface area contributed by atoms with Crippen LogP contribution in [0.15, 0.2) is 18.2 Å². The first-order valence-electron chi connectivity index (χ1n) is 9.95. The van der Waals surface area contributed by atoms with Crippen LogP contribution >= 0.6 is 0 Å². The molecule has 0 saturated heterocycles. The SMILES string of the molecule is Cc1cc(NC(=O)N2Cc3c(nn4c3C(=O)N(C)OC(C)(C)C4)C[C@H]2C)ccc1F. The van der Waals surface area contributed by atoms with E-state index in [4.69, 9.17) is 4.84 Å². The fraction of sp³-hybridized carbons (Fsp3) is 0.476. The average molecular weight is 415 g/mol. The average Bonchev–Trinajstić information content (AvgIpc) is 2.94. The number of rotatable bonds is 1. The minimum absolute atomic E-state index is 0.102. The molecule has 8 nitrogen and oxygen atoms in total. The fourth-order valence-electron chi connectivity index (χ4n) is 4.09. The van der Waals surface area contributed by atoms with Crippen molar-refractivity contribution < 1.29 is 18.8 Å². The minimum atomic E-state index is -0.590. The highest BCUT2D eigenvalue weighted by atomic mass is 19.1. The highest BCUT2D eigenvalue weighted by molar-refractivity contribution is 5.94. The molecule has 2 aliphatic heterocycles. The van der Waals surface area contributed by atoms with Gasteiger partial charge in [0.2, 0.25) is 0 Å². The van der Waals surface area contributed by atoms with Crippen LogP contribution in [0.3, 0.4) is 0 Å². The predicted molar refractivity (Wildman–Crippen MR) is 108 cm³/mol. The lowest BCUT2D eigenvalue weighted by molar-refractivity contribution is -0.190. The maximum atomic E-state index is 13.5. The van der Waals surface area contributed by atoms with E-state index >= 15 is 0 Å². The summed E-state index contributed by atoms with van der Waals surface area (Å²) >= 11 is 0. The van der Waals surface area contributed by atoms with Crippen LogP contribution in [0.2, 0.25) is 0 Å². The summed E-state index contributed by atoms with van der Waals surface area (Å²) < 4.78 is 15.2. The summed E-state index contributed by atoms with van der Waals surface area (Å²) in [6.45, 7) is 8.09.